The van der Waals surface area contributed by atoms with Crippen LogP contribution in [-0.4, -0.2) is 65.2 Å². The van der Waals surface area contributed by atoms with Crippen LogP contribution in [-0.2, 0) is 13.1 Å². The number of nitrogens with zero attached hydrogens (tertiary/aromatic N) is 4. The summed E-state index contributed by atoms with van der Waals surface area (Å²) in [7, 11) is 9.53. The normalized spacial score (nSPS) is 29.7. The van der Waals surface area contributed by atoms with Gasteiger partial charge in [-0.15, -0.1) is 17.8 Å². The van der Waals surface area contributed by atoms with Crippen LogP contribution in [0.3, 0.4) is 0 Å². The summed E-state index contributed by atoms with van der Waals surface area (Å²) >= 11 is 0.194. The molecule has 4 bridgehead atoms. The zero-order valence-electron chi connectivity index (χ0n) is 18.8. The average molecular weight is 485 g/mol. The van der Waals surface area contributed by atoms with Gasteiger partial charge in [0.15, 0.2) is 0 Å². The third kappa shape index (κ3) is 8.37. The van der Waals surface area contributed by atoms with Crippen molar-refractivity contribution in [3.63, 3.8) is 0 Å². The van der Waals surface area contributed by atoms with Crippen LogP contribution in [0.5, 0.6) is 0 Å². The Bertz CT molecular complexity index is 568. The fourth-order valence-corrected chi connectivity index (χ4v) is 4.23. The van der Waals surface area contributed by atoms with Gasteiger partial charge in [0.1, 0.15) is 0 Å². The molecule has 29 heavy (non-hydrogen) atoms. The van der Waals surface area contributed by atoms with Crippen molar-refractivity contribution in [1.82, 2.24) is 9.80 Å². The third-order valence-electron chi connectivity index (χ3n) is 5.97. The van der Waals surface area contributed by atoms with Crippen molar-refractivity contribution < 1.29 is 13.1 Å². The van der Waals surface area contributed by atoms with Gasteiger partial charge in [0, 0.05) is 17.6 Å². The Morgan fingerprint density at radius 3 is 2.03 bits per heavy atom. The van der Waals surface area contributed by atoms with Crippen molar-refractivity contribution >= 4 is 20.2 Å². The topological polar surface area (TPSA) is 34.7 Å². The van der Waals surface area contributed by atoms with E-state index in [1.807, 2.05) is 0 Å². The second kappa shape index (κ2) is 11.2. The molecule has 0 spiro atoms. The van der Waals surface area contributed by atoms with Gasteiger partial charge in [0.25, 0.3) is 0 Å². The molecule has 3 aliphatic heterocycles. The van der Waals surface area contributed by atoms with Crippen molar-refractivity contribution in [3.8, 4) is 0 Å². The molecule has 0 amide bonds. The van der Waals surface area contributed by atoms with Gasteiger partial charge >= 0.3 is 33.3 Å². The average Bonchev–Trinajstić information content (AvgIpc) is 2.60. The molecular formula is C22H38Cl2FeN4-2. The predicted molar refractivity (Wildman–Crippen MR) is 124 cm³/mol. The van der Waals surface area contributed by atoms with Gasteiger partial charge in [-0.1, -0.05) is 43.5 Å². The van der Waals surface area contributed by atoms with Crippen LogP contribution in [0.4, 0.5) is 0 Å². The molecular weight excluding hydrogens is 447 g/mol. The minimum absolute atomic E-state index is 0.136. The van der Waals surface area contributed by atoms with Gasteiger partial charge in [-0.2, -0.15) is 0 Å². The summed E-state index contributed by atoms with van der Waals surface area (Å²) in [4.78, 5) is 5.19. The van der Waals surface area contributed by atoms with Crippen molar-refractivity contribution in [1.29, 1.82) is 0 Å². The van der Waals surface area contributed by atoms with E-state index in [1.54, 1.807) is 0 Å². The van der Waals surface area contributed by atoms with Gasteiger partial charge in [0.2, 0.25) is 0 Å². The summed E-state index contributed by atoms with van der Waals surface area (Å²) in [5, 5.41) is 10.4. The van der Waals surface area contributed by atoms with Gasteiger partial charge in [-0.25, -0.2) is 0 Å². The number of fused-ring (bicyclic) bond motifs is 4. The number of hydrogen-bond donors (Lipinski definition) is 0. The Hall–Kier alpha value is 0.259. The molecule has 0 aromatic heterocycles. The zero-order valence-corrected chi connectivity index (χ0v) is 21.4. The number of hydrogen-bond acceptors (Lipinski definition) is 2. The summed E-state index contributed by atoms with van der Waals surface area (Å²) in [6.07, 6.45) is 10.5. The zero-order chi connectivity index (χ0) is 21.7. The van der Waals surface area contributed by atoms with Crippen LogP contribution >= 0.6 is 20.2 Å². The fourth-order valence-electron chi connectivity index (χ4n) is 4.23. The molecule has 0 saturated carbocycles. The van der Waals surface area contributed by atoms with E-state index < -0.39 is 0 Å². The molecule has 3 atom stereocenters. The van der Waals surface area contributed by atoms with E-state index in [-0.39, 0.29) is 30.3 Å². The summed E-state index contributed by atoms with van der Waals surface area (Å²) in [5.41, 5.74) is 1.50. The quantitative estimate of drug-likeness (QED) is 0.391. The maximum absolute atomic E-state index is 5.29. The molecule has 3 rings (SSSR count). The molecule has 0 aromatic rings. The molecule has 2 fully saturated rings. The van der Waals surface area contributed by atoms with Gasteiger partial charge in [-0.3, -0.25) is 4.90 Å². The number of allylic oxidation sites excluding steroid dienone is 2. The van der Waals surface area contributed by atoms with E-state index >= 15 is 0 Å². The number of rotatable bonds is 0. The van der Waals surface area contributed by atoms with Crippen molar-refractivity contribution in [2.45, 2.75) is 90.0 Å². The molecule has 4 nitrogen and oxygen atoms in total. The third-order valence-corrected chi connectivity index (χ3v) is 5.97. The molecule has 0 N–H and O–H groups in total. The molecule has 3 unspecified atom stereocenters. The fraction of sp³-hybridized carbons (Fsp3) is 0.818. The SMILES string of the molecule is CC(C)(C)N1CC2=CC=CC(CN(C(C)(C)C)CC3CCCC(C1)[N-]3)[N-]2.[Cl][Fe][Cl]. The standard InChI is InChI=1S/C22H38N4.2ClH.Fe/c1-21(2,3)25-13-17-9-7-11-19(23-17)15-26(22(4,5)6)16-20-12-8-10-18(14-25)24-20;;;/h7,9,11,17-18,20H,8,10,12-16H2,1-6H3;2*1H;/q-2;;;+2/p-2. The molecule has 3 aliphatic rings. The van der Waals surface area contributed by atoms with E-state index in [0.29, 0.717) is 12.1 Å². The Morgan fingerprint density at radius 2 is 1.48 bits per heavy atom. The second-order valence-corrected chi connectivity index (χ2v) is 12.1. The molecule has 2 saturated heterocycles. The Kier molecular flexibility index (Phi) is 9.87. The van der Waals surface area contributed by atoms with E-state index in [2.05, 4.69) is 69.6 Å². The van der Waals surface area contributed by atoms with Crippen LogP contribution in [0.2, 0.25) is 0 Å². The molecule has 7 heteroatoms. The van der Waals surface area contributed by atoms with Crippen molar-refractivity contribution in [2.24, 2.45) is 0 Å². The Balaban J connectivity index is 0.000000941. The summed E-state index contributed by atoms with van der Waals surface area (Å²) < 4.78 is 0. The molecule has 0 aromatic carbocycles. The van der Waals surface area contributed by atoms with Crippen LogP contribution in [0.15, 0.2) is 23.9 Å². The number of piperidine rings is 1. The second-order valence-electron chi connectivity index (χ2n) is 10.3. The van der Waals surface area contributed by atoms with Crippen LogP contribution in [0.1, 0.15) is 60.8 Å². The van der Waals surface area contributed by atoms with Gasteiger partial charge in [-0.05, 0) is 61.2 Å². The van der Waals surface area contributed by atoms with Gasteiger partial charge in [0.05, 0.1) is 0 Å². The van der Waals surface area contributed by atoms with E-state index in [1.165, 1.54) is 25.0 Å². The summed E-state index contributed by atoms with van der Waals surface area (Å²) in [6.45, 7) is 18.0. The summed E-state index contributed by atoms with van der Waals surface area (Å²) in [6, 6.07) is 1.19. The first kappa shape index (κ1) is 25.5. The first-order valence-electron chi connectivity index (χ1n) is 10.7. The molecule has 170 valence electrons. The molecule has 0 aliphatic carbocycles. The summed E-state index contributed by atoms with van der Waals surface area (Å²) in [5.74, 6) is 0. The first-order valence-corrected chi connectivity index (χ1v) is 13.7. The monoisotopic (exact) mass is 484 g/mol. The minimum atomic E-state index is 0.136. The van der Waals surface area contributed by atoms with Crippen LogP contribution in [0, 0.1) is 0 Å². The van der Waals surface area contributed by atoms with Crippen molar-refractivity contribution in [3.05, 3.63) is 34.6 Å². The van der Waals surface area contributed by atoms with Crippen LogP contribution < -0.4 is 0 Å². The van der Waals surface area contributed by atoms with Crippen LogP contribution in [0.25, 0.3) is 10.6 Å². The number of halogens is 2. The van der Waals surface area contributed by atoms with E-state index in [4.69, 9.17) is 30.8 Å². The maximum atomic E-state index is 5.29. The molecule has 0 radical (unpaired) electrons. The first-order chi connectivity index (χ1) is 13.5. The molecule has 3 heterocycles. The predicted octanol–water partition coefficient (Wildman–Crippen LogP) is 6.07. The van der Waals surface area contributed by atoms with E-state index in [0.717, 1.165) is 26.2 Å². The van der Waals surface area contributed by atoms with Crippen molar-refractivity contribution in [2.75, 3.05) is 26.2 Å². The van der Waals surface area contributed by atoms with Gasteiger partial charge < -0.3 is 15.5 Å². The Labute approximate surface area is 193 Å². The Morgan fingerprint density at radius 1 is 0.931 bits per heavy atom. The van der Waals surface area contributed by atoms with E-state index in [9.17, 15) is 0 Å².